The average Bonchev–Trinajstić information content (AvgIpc) is 3.18. The van der Waals surface area contributed by atoms with Crippen molar-refractivity contribution in [3.05, 3.63) is 88.8 Å². The molecule has 6 nitrogen and oxygen atoms in total. The highest BCUT2D eigenvalue weighted by atomic mass is 35.5. The monoisotopic (exact) mass is 450 g/mol. The fourth-order valence-corrected chi connectivity index (χ4v) is 4.00. The fraction of sp³-hybridized carbons (Fsp3) is 0.0435. The van der Waals surface area contributed by atoms with Gasteiger partial charge in [0.1, 0.15) is 27.8 Å². The van der Waals surface area contributed by atoms with Crippen molar-refractivity contribution in [3.63, 3.8) is 0 Å². The normalized spacial score (nSPS) is 12.0. The number of oxazole rings is 1. The Morgan fingerprint density at radius 2 is 1.87 bits per heavy atom. The van der Waals surface area contributed by atoms with Crippen molar-refractivity contribution in [1.29, 1.82) is 5.26 Å². The van der Waals surface area contributed by atoms with E-state index in [-0.39, 0.29) is 22.1 Å². The zero-order valence-electron chi connectivity index (χ0n) is 16.2. The third-order valence-electron chi connectivity index (χ3n) is 4.43. The number of fused-ring (bicyclic) bond motifs is 1. The molecule has 0 fully saturated rings. The van der Waals surface area contributed by atoms with Gasteiger partial charge in [-0.3, -0.25) is 0 Å². The maximum atomic E-state index is 12.7. The first-order valence-electron chi connectivity index (χ1n) is 9.14. The molecule has 0 saturated carbocycles. The molecule has 4 aromatic rings. The van der Waals surface area contributed by atoms with E-state index in [1.807, 2.05) is 19.1 Å². The number of aryl methyl sites for hydroxylation is 1. The smallest absolute Gasteiger partial charge is 0.339 e. The van der Waals surface area contributed by atoms with Crippen LogP contribution in [-0.4, -0.2) is 13.4 Å². The molecular formula is C23H15ClN2O4S. The Labute approximate surface area is 184 Å². The third kappa shape index (κ3) is 4.45. The van der Waals surface area contributed by atoms with Gasteiger partial charge >= 0.3 is 10.1 Å². The lowest BCUT2D eigenvalue weighted by Gasteiger charge is -2.10. The molecule has 154 valence electrons. The number of aromatic nitrogens is 1. The quantitative estimate of drug-likeness (QED) is 0.289. The van der Waals surface area contributed by atoms with Crippen LogP contribution in [0.25, 0.3) is 22.7 Å². The van der Waals surface area contributed by atoms with Crippen molar-refractivity contribution < 1.29 is 17.0 Å². The Bertz CT molecular complexity index is 1420. The van der Waals surface area contributed by atoms with Crippen LogP contribution in [0.5, 0.6) is 5.75 Å². The van der Waals surface area contributed by atoms with Crippen LogP contribution < -0.4 is 4.18 Å². The number of benzene rings is 3. The number of nitriles is 1. The minimum atomic E-state index is -4.09. The summed E-state index contributed by atoms with van der Waals surface area (Å²) in [6.07, 6.45) is 1.43. The number of nitrogens with zero attached hydrogens (tertiary/aromatic N) is 2. The molecule has 8 heteroatoms. The summed E-state index contributed by atoms with van der Waals surface area (Å²) >= 11 is 6.10. The summed E-state index contributed by atoms with van der Waals surface area (Å²) in [6.45, 7) is 1.86. The number of rotatable bonds is 5. The fourth-order valence-electron chi connectivity index (χ4n) is 2.86. The molecule has 0 unspecified atom stereocenters. The first-order valence-corrected chi connectivity index (χ1v) is 10.9. The number of allylic oxidation sites excluding steroid dienone is 1. The van der Waals surface area contributed by atoms with Gasteiger partial charge in [0.15, 0.2) is 5.58 Å². The molecule has 1 heterocycles. The predicted molar refractivity (Wildman–Crippen MR) is 118 cm³/mol. The van der Waals surface area contributed by atoms with Gasteiger partial charge in [-0.1, -0.05) is 41.4 Å². The van der Waals surface area contributed by atoms with Crippen molar-refractivity contribution in [3.8, 4) is 11.8 Å². The summed E-state index contributed by atoms with van der Waals surface area (Å²) in [5.74, 6) is 0.129. The van der Waals surface area contributed by atoms with Gasteiger partial charge in [-0.2, -0.15) is 13.7 Å². The SMILES string of the molecule is Cc1ccc(S(=O)(=O)Oc2ccc(Cl)cc2/C=C(\C#N)c2nc3ccccc3o2)cc1. The highest BCUT2D eigenvalue weighted by Gasteiger charge is 2.19. The summed E-state index contributed by atoms with van der Waals surface area (Å²) in [5, 5.41) is 10.0. The van der Waals surface area contributed by atoms with Gasteiger partial charge in [-0.05, 0) is 55.5 Å². The molecule has 0 N–H and O–H groups in total. The molecule has 0 aliphatic carbocycles. The second-order valence-electron chi connectivity index (χ2n) is 6.69. The molecule has 4 rings (SSSR count). The maximum Gasteiger partial charge on any atom is 0.339 e. The summed E-state index contributed by atoms with van der Waals surface area (Å²) in [5.41, 5.74) is 2.44. The van der Waals surface area contributed by atoms with E-state index in [2.05, 4.69) is 4.98 Å². The van der Waals surface area contributed by atoms with Gasteiger partial charge in [0, 0.05) is 10.6 Å². The van der Waals surface area contributed by atoms with Gasteiger partial charge in [0.2, 0.25) is 5.89 Å². The number of halogens is 1. The highest BCUT2D eigenvalue weighted by molar-refractivity contribution is 7.87. The Balaban J connectivity index is 1.75. The van der Waals surface area contributed by atoms with E-state index in [0.29, 0.717) is 21.7 Å². The Morgan fingerprint density at radius 3 is 2.58 bits per heavy atom. The van der Waals surface area contributed by atoms with Crippen molar-refractivity contribution in [2.45, 2.75) is 11.8 Å². The molecular weight excluding hydrogens is 436 g/mol. The standard InChI is InChI=1S/C23H15ClN2O4S/c1-15-6-9-19(10-7-15)31(27,28)30-21-11-8-18(24)13-16(21)12-17(14-25)23-26-20-4-2-3-5-22(20)29-23/h2-13H,1H3/b17-12+. The van der Waals surface area contributed by atoms with Crippen LogP contribution in [-0.2, 0) is 10.1 Å². The van der Waals surface area contributed by atoms with E-state index in [1.165, 1.54) is 36.4 Å². The zero-order chi connectivity index (χ0) is 22.0. The first kappa shape index (κ1) is 20.7. The van der Waals surface area contributed by atoms with Gasteiger partial charge in [-0.15, -0.1) is 0 Å². The molecule has 0 aliphatic heterocycles. The third-order valence-corrected chi connectivity index (χ3v) is 5.91. The van der Waals surface area contributed by atoms with E-state index in [4.69, 9.17) is 20.2 Å². The van der Waals surface area contributed by atoms with Gasteiger partial charge < -0.3 is 8.60 Å². The lowest BCUT2D eigenvalue weighted by atomic mass is 10.1. The Hall–Kier alpha value is -3.60. The molecule has 0 radical (unpaired) electrons. The van der Waals surface area contributed by atoms with E-state index in [0.717, 1.165) is 5.56 Å². The van der Waals surface area contributed by atoms with Crippen LogP contribution in [0.1, 0.15) is 17.0 Å². The van der Waals surface area contributed by atoms with Gasteiger partial charge in [0.25, 0.3) is 0 Å². The zero-order valence-corrected chi connectivity index (χ0v) is 17.8. The second-order valence-corrected chi connectivity index (χ2v) is 8.67. The van der Waals surface area contributed by atoms with Crippen molar-refractivity contribution in [1.82, 2.24) is 4.98 Å². The van der Waals surface area contributed by atoms with Crippen LogP contribution in [0.15, 0.2) is 76.0 Å². The van der Waals surface area contributed by atoms with Crippen molar-refractivity contribution in [2.75, 3.05) is 0 Å². The number of hydrogen-bond donors (Lipinski definition) is 0. The highest BCUT2D eigenvalue weighted by Crippen LogP contribution is 2.30. The lowest BCUT2D eigenvalue weighted by molar-refractivity contribution is 0.485. The molecule has 0 bridgehead atoms. The first-order chi connectivity index (χ1) is 14.9. The number of hydrogen-bond acceptors (Lipinski definition) is 6. The molecule has 0 aliphatic rings. The summed E-state index contributed by atoms with van der Waals surface area (Å²) in [6, 6.07) is 19.9. The minimum Gasteiger partial charge on any atom is -0.435 e. The van der Waals surface area contributed by atoms with E-state index >= 15 is 0 Å². The van der Waals surface area contributed by atoms with E-state index in [9.17, 15) is 13.7 Å². The molecule has 1 aromatic heterocycles. The average molecular weight is 451 g/mol. The van der Waals surface area contributed by atoms with Crippen LogP contribution >= 0.6 is 11.6 Å². The van der Waals surface area contributed by atoms with Crippen LogP contribution in [0, 0.1) is 18.3 Å². The summed E-state index contributed by atoms with van der Waals surface area (Å²) < 4.78 is 36.5. The molecule has 0 spiro atoms. The van der Waals surface area contributed by atoms with Gasteiger partial charge in [-0.25, -0.2) is 4.98 Å². The minimum absolute atomic E-state index is 0.0161. The molecule has 3 aromatic carbocycles. The topological polar surface area (TPSA) is 93.2 Å². The van der Waals surface area contributed by atoms with E-state index in [1.54, 1.807) is 30.3 Å². The van der Waals surface area contributed by atoms with E-state index < -0.39 is 10.1 Å². The lowest BCUT2D eigenvalue weighted by Crippen LogP contribution is -2.10. The van der Waals surface area contributed by atoms with Gasteiger partial charge in [0.05, 0.1) is 0 Å². The molecule has 0 amide bonds. The molecule has 0 atom stereocenters. The van der Waals surface area contributed by atoms with Crippen LogP contribution in [0.3, 0.4) is 0 Å². The summed E-state index contributed by atoms with van der Waals surface area (Å²) in [7, 11) is -4.09. The molecule has 0 saturated heterocycles. The van der Waals surface area contributed by atoms with Crippen molar-refractivity contribution >= 4 is 44.5 Å². The second kappa shape index (κ2) is 8.26. The largest absolute Gasteiger partial charge is 0.435 e. The Kier molecular flexibility index (Phi) is 5.51. The predicted octanol–water partition coefficient (Wildman–Crippen LogP) is 5.62. The van der Waals surface area contributed by atoms with Crippen molar-refractivity contribution in [2.24, 2.45) is 0 Å². The Morgan fingerprint density at radius 1 is 1.13 bits per heavy atom. The number of para-hydroxylation sites is 2. The maximum absolute atomic E-state index is 12.7. The van der Waals surface area contributed by atoms with Crippen LogP contribution in [0.4, 0.5) is 0 Å². The molecule has 31 heavy (non-hydrogen) atoms. The van der Waals surface area contributed by atoms with Crippen LogP contribution in [0.2, 0.25) is 5.02 Å². The summed E-state index contributed by atoms with van der Waals surface area (Å²) in [4.78, 5) is 4.33.